The first kappa shape index (κ1) is 11.0. The predicted molar refractivity (Wildman–Crippen MR) is 71.2 cm³/mol. The maximum absolute atomic E-state index is 4.37. The molecular weight excluding hydrogens is 226 g/mol. The highest BCUT2D eigenvalue weighted by atomic mass is 15.5. The second kappa shape index (κ2) is 5.01. The first-order valence-electron chi connectivity index (χ1n) is 5.96. The van der Waals surface area contributed by atoms with Crippen molar-refractivity contribution in [1.82, 2.24) is 15.3 Å². The fourth-order valence-corrected chi connectivity index (χ4v) is 2.01. The van der Waals surface area contributed by atoms with Gasteiger partial charge in [0.1, 0.15) is 11.6 Å². The van der Waals surface area contributed by atoms with Crippen molar-refractivity contribution in [3.05, 3.63) is 48.8 Å². The fourth-order valence-electron chi connectivity index (χ4n) is 2.01. The van der Waals surface area contributed by atoms with Gasteiger partial charge in [-0.25, -0.2) is 9.97 Å². The molecule has 92 valence electrons. The number of pyridine rings is 2. The molecule has 2 aromatic rings. The van der Waals surface area contributed by atoms with E-state index < -0.39 is 0 Å². The molecule has 3 heterocycles. The van der Waals surface area contributed by atoms with Gasteiger partial charge in [0.2, 0.25) is 0 Å². The lowest BCUT2D eigenvalue weighted by atomic mass is 10.4. The van der Waals surface area contributed by atoms with Crippen molar-refractivity contribution >= 4 is 11.6 Å². The summed E-state index contributed by atoms with van der Waals surface area (Å²) in [7, 11) is 0. The maximum atomic E-state index is 4.37. The molecule has 0 amide bonds. The summed E-state index contributed by atoms with van der Waals surface area (Å²) in [5.74, 6) is 1.95. The Bertz CT molecular complexity index is 442. The summed E-state index contributed by atoms with van der Waals surface area (Å²) in [5, 5.41) is 3.35. The van der Waals surface area contributed by atoms with Gasteiger partial charge in [-0.05, 0) is 24.3 Å². The van der Waals surface area contributed by atoms with Gasteiger partial charge in [-0.3, -0.25) is 5.32 Å². The van der Waals surface area contributed by atoms with E-state index in [0.717, 1.165) is 31.6 Å². The first-order chi connectivity index (χ1) is 8.93. The molecule has 18 heavy (non-hydrogen) atoms. The van der Waals surface area contributed by atoms with Crippen molar-refractivity contribution < 1.29 is 0 Å². The normalized spacial score (nSPS) is 15.8. The lowest BCUT2D eigenvalue weighted by Gasteiger charge is -2.37. The van der Waals surface area contributed by atoms with Crippen molar-refractivity contribution in [2.24, 2.45) is 0 Å². The third-order valence-electron chi connectivity index (χ3n) is 2.89. The SMILES string of the molecule is c1ccc(N2CNCN(c3ccccn3)C2)nc1. The number of nitrogens with one attached hydrogen (secondary N) is 1. The van der Waals surface area contributed by atoms with Crippen LogP contribution >= 0.6 is 0 Å². The molecule has 0 bridgehead atoms. The molecule has 1 aliphatic heterocycles. The molecule has 0 aromatic carbocycles. The van der Waals surface area contributed by atoms with E-state index in [1.54, 1.807) is 0 Å². The van der Waals surface area contributed by atoms with Crippen LogP contribution in [0.1, 0.15) is 0 Å². The van der Waals surface area contributed by atoms with E-state index in [1.807, 2.05) is 48.8 Å². The number of hydrogen-bond acceptors (Lipinski definition) is 5. The summed E-state index contributed by atoms with van der Waals surface area (Å²) in [6, 6.07) is 11.9. The molecule has 0 atom stereocenters. The van der Waals surface area contributed by atoms with Gasteiger partial charge < -0.3 is 9.80 Å². The Morgan fingerprint density at radius 2 is 1.39 bits per heavy atom. The van der Waals surface area contributed by atoms with E-state index in [1.165, 1.54) is 0 Å². The van der Waals surface area contributed by atoms with Crippen LogP contribution in [-0.2, 0) is 0 Å². The van der Waals surface area contributed by atoms with Gasteiger partial charge in [-0.15, -0.1) is 0 Å². The fraction of sp³-hybridized carbons (Fsp3) is 0.231. The minimum absolute atomic E-state index is 0.793. The highest BCUT2D eigenvalue weighted by Crippen LogP contribution is 2.15. The van der Waals surface area contributed by atoms with Crippen LogP contribution < -0.4 is 15.1 Å². The van der Waals surface area contributed by atoms with Crippen LogP contribution in [0.3, 0.4) is 0 Å². The Kier molecular flexibility index (Phi) is 3.06. The topological polar surface area (TPSA) is 44.3 Å². The van der Waals surface area contributed by atoms with Gasteiger partial charge in [-0.2, -0.15) is 0 Å². The standard InChI is InChI=1S/C13H15N5/c1-3-7-15-12(5-1)17-9-14-10-18(11-17)13-6-2-4-8-16-13/h1-8,14H,9-11H2. The van der Waals surface area contributed by atoms with Crippen molar-refractivity contribution in [2.45, 2.75) is 0 Å². The van der Waals surface area contributed by atoms with Crippen LogP contribution in [0, 0.1) is 0 Å². The molecule has 1 N–H and O–H groups in total. The summed E-state index contributed by atoms with van der Waals surface area (Å²) in [4.78, 5) is 13.1. The number of hydrogen-bond donors (Lipinski definition) is 1. The third kappa shape index (κ3) is 2.26. The van der Waals surface area contributed by atoms with Crippen LogP contribution in [0.25, 0.3) is 0 Å². The Hall–Kier alpha value is -2.14. The summed E-state index contributed by atoms with van der Waals surface area (Å²) < 4.78 is 0. The zero-order chi connectivity index (χ0) is 12.2. The van der Waals surface area contributed by atoms with Crippen LogP contribution in [0.2, 0.25) is 0 Å². The van der Waals surface area contributed by atoms with E-state index in [-0.39, 0.29) is 0 Å². The van der Waals surface area contributed by atoms with Gasteiger partial charge in [0.05, 0.1) is 20.0 Å². The largest absolute Gasteiger partial charge is 0.326 e. The van der Waals surface area contributed by atoms with Crippen LogP contribution in [0.5, 0.6) is 0 Å². The van der Waals surface area contributed by atoms with Crippen LogP contribution in [0.4, 0.5) is 11.6 Å². The van der Waals surface area contributed by atoms with Crippen LogP contribution in [-0.4, -0.2) is 30.0 Å². The molecule has 3 rings (SSSR count). The van der Waals surface area contributed by atoms with Crippen molar-refractivity contribution in [2.75, 3.05) is 29.8 Å². The molecule has 5 nitrogen and oxygen atoms in total. The number of rotatable bonds is 2. The van der Waals surface area contributed by atoms with Gasteiger partial charge in [0.25, 0.3) is 0 Å². The minimum Gasteiger partial charge on any atom is -0.326 e. The van der Waals surface area contributed by atoms with Crippen molar-refractivity contribution in [3.8, 4) is 0 Å². The average molecular weight is 241 g/mol. The summed E-state index contributed by atoms with van der Waals surface area (Å²) in [6.07, 6.45) is 3.63. The third-order valence-corrected chi connectivity index (χ3v) is 2.89. The second-order valence-electron chi connectivity index (χ2n) is 4.16. The molecule has 0 saturated carbocycles. The molecule has 5 heteroatoms. The average Bonchev–Trinajstić information content (AvgIpc) is 2.49. The zero-order valence-electron chi connectivity index (χ0n) is 10.0. The lowest BCUT2D eigenvalue weighted by molar-refractivity contribution is 0.542. The monoisotopic (exact) mass is 241 g/mol. The number of anilines is 2. The molecule has 0 radical (unpaired) electrons. The highest BCUT2D eigenvalue weighted by Gasteiger charge is 2.18. The minimum atomic E-state index is 0.793. The van der Waals surface area contributed by atoms with E-state index >= 15 is 0 Å². The van der Waals surface area contributed by atoms with Gasteiger partial charge >= 0.3 is 0 Å². The van der Waals surface area contributed by atoms with E-state index in [4.69, 9.17) is 0 Å². The Morgan fingerprint density at radius 1 is 0.833 bits per heavy atom. The van der Waals surface area contributed by atoms with E-state index in [2.05, 4.69) is 25.1 Å². The quantitative estimate of drug-likeness (QED) is 0.857. The number of aromatic nitrogens is 2. The van der Waals surface area contributed by atoms with E-state index in [9.17, 15) is 0 Å². The van der Waals surface area contributed by atoms with Gasteiger partial charge in [0, 0.05) is 12.4 Å². The summed E-state index contributed by atoms with van der Waals surface area (Å²) in [6.45, 7) is 2.40. The Morgan fingerprint density at radius 3 is 1.83 bits per heavy atom. The summed E-state index contributed by atoms with van der Waals surface area (Å²) in [5.41, 5.74) is 0. The van der Waals surface area contributed by atoms with Crippen molar-refractivity contribution in [3.63, 3.8) is 0 Å². The molecule has 1 fully saturated rings. The second-order valence-corrected chi connectivity index (χ2v) is 4.16. The first-order valence-corrected chi connectivity index (χ1v) is 5.96. The maximum Gasteiger partial charge on any atom is 0.130 e. The molecule has 2 aromatic heterocycles. The molecule has 1 saturated heterocycles. The van der Waals surface area contributed by atoms with E-state index in [0.29, 0.717) is 0 Å². The van der Waals surface area contributed by atoms with Crippen LogP contribution in [0.15, 0.2) is 48.8 Å². The molecule has 0 aliphatic carbocycles. The molecule has 1 aliphatic rings. The highest BCUT2D eigenvalue weighted by molar-refractivity contribution is 5.45. The van der Waals surface area contributed by atoms with Crippen molar-refractivity contribution in [1.29, 1.82) is 0 Å². The zero-order valence-corrected chi connectivity index (χ0v) is 10.0. The Labute approximate surface area is 106 Å². The lowest BCUT2D eigenvalue weighted by Crippen LogP contribution is -2.53. The predicted octanol–water partition coefficient (Wildman–Crippen LogP) is 1.27. The van der Waals surface area contributed by atoms with Gasteiger partial charge in [-0.1, -0.05) is 12.1 Å². The molecule has 0 unspecified atom stereocenters. The summed E-state index contributed by atoms with van der Waals surface area (Å²) >= 11 is 0. The smallest absolute Gasteiger partial charge is 0.130 e. The van der Waals surface area contributed by atoms with Gasteiger partial charge in [0.15, 0.2) is 0 Å². The number of nitrogens with zero attached hydrogens (tertiary/aromatic N) is 4. The molecular formula is C13H15N5. The Balaban J connectivity index is 1.77. The molecule has 0 spiro atoms.